The number of nitrogens with zero attached hydrogens (tertiary/aromatic N) is 3. The van der Waals surface area contributed by atoms with Crippen LogP contribution in [0.1, 0.15) is 42.6 Å². The second-order valence-electron chi connectivity index (χ2n) is 8.08. The minimum atomic E-state index is -0.395. The van der Waals surface area contributed by atoms with E-state index in [1.54, 1.807) is 23.1 Å². The summed E-state index contributed by atoms with van der Waals surface area (Å²) >= 11 is 4.61. The maximum Gasteiger partial charge on any atom is 0.251 e. The third kappa shape index (κ3) is 5.63. The second-order valence-corrected chi connectivity index (χ2v) is 10.1. The molecule has 1 aromatic heterocycles. The van der Waals surface area contributed by atoms with Crippen LogP contribution in [0.2, 0.25) is 0 Å². The molecular formula is C20H24BrN5O3S. The quantitative estimate of drug-likeness (QED) is 0.643. The van der Waals surface area contributed by atoms with Crippen molar-refractivity contribution < 1.29 is 14.4 Å². The van der Waals surface area contributed by atoms with E-state index >= 15 is 0 Å². The summed E-state index contributed by atoms with van der Waals surface area (Å²) < 4.78 is 0.842. The van der Waals surface area contributed by atoms with E-state index in [0.29, 0.717) is 35.2 Å². The number of likely N-dealkylation sites (tertiary alicyclic amines) is 1. The van der Waals surface area contributed by atoms with Crippen LogP contribution in [0.5, 0.6) is 0 Å². The molecule has 1 aromatic carbocycles. The molecule has 1 aliphatic heterocycles. The van der Waals surface area contributed by atoms with E-state index in [1.165, 1.54) is 11.3 Å². The van der Waals surface area contributed by atoms with Crippen molar-refractivity contribution in [2.75, 3.05) is 18.4 Å². The highest BCUT2D eigenvalue weighted by Crippen LogP contribution is 2.27. The largest absolute Gasteiger partial charge is 0.352 e. The number of carbonyl (C=O) groups is 3. The van der Waals surface area contributed by atoms with Gasteiger partial charge in [0.05, 0.1) is 5.92 Å². The molecule has 10 heteroatoms. The van der Waals surface area contributed by atoms with Crippen LogP contribution in [-0.2, 0) is 16.0 Å². The first-order chi connectivity index (χ1) is 14.1. The minimum Gasteiger partial charge on any atom is -0.352 e. The van der Waals surface area contributed by atoms with Crippen LogP contribution >= 0.6 is 27.3 Å². The van der Waals surface area contributed by atoms with Gasteiger partial charge in [-0.2, -0.15) is 0 Å². The van der Waals surface area contributed by atoms with E-state index in [1.807, 2.05) is 26.8 Å². The molecule has 1 saturated heterocycles. The Morgan fingerprint density at radius 1 is 1.30 bits per heavy atom. The molecular weight excluding hydrogens is 470 g/mol. The topological polar surface area (TPSA) is 104 Å². The molecule has 1 fully saturated rings. The number of halogens is 1. The summed E-state index contributed by atoms with van der Waals surface area (Å²) in [7, 11) is 0. The number of hydrogen-bond donors (Lipinski definition) is 2. The molecule has 0 aliphatic carbocycles. The maximum absolute atomic E-state index is 12.5. The lowest BCUT2D eigenvalue weighted by Gasteiger charge is -2.31. The Morgan fingerprint density at radius 3 is 2.73 bits per heavy atom. The first kappa shape index (κ1) is 22.4. The van der Waals surface area contributed by atoms with E-state index in [4.69, 9.17) is 0 Å². The van der Waals surface area contributed by atoms with Crippen molar-refractivity contribution in [2.24, 2.45) is 5.92 Å². The lowest BCUT2D eigenvalue weighted by atomic mass is 10.1. The van der Waals surface area contributed by atoms with E-state index in [2.05, 4.69) is 36.8 Å². The summed E-state index contributed by atoms with van der Waals surface area (Å²) in [4.78, 5) is 38.6. The van der Waals surface area contributed by atoms with Gasteiger partial charge in [-0.15, -0.1) is 10.2 Å². The number of nitrogens with one attached hydrogen (secondary N) is 2. The highest BCUT2D eigenvalue weighted by atomic mass is 79.9. The Kier molecular flexibility index (Phi) is 6.87. The first-order valence-electron chi connectivity index (χ1n) is 9.61. The third-order valence-electron chi connectivity index (χ3n) is 4.71. The van der Waals surface area contributed by atoms with Gasteiger partial charge >= 0.3 is 0 Å². The number of benzene rings is 1. The number of rotatable bonds is 6. The van der Waals surface area contributed by atoms with Gasteiger partial charge in [-0.3, -0.25) is 14.4 Å². The van der Waals surface area contributed by atoms with E-state index in [-0.39, 0.29) is 29.7 Å². The molecule has 0 radical (unpaired) electrons. The lowest BCUT2D eigenvalue weighted by Crippen LogP contribution is -2.42. The molecule has 0 bridgehead atoms. The van der Waals surface area contributed by atoms with Crippen molar-refractivity contribution in [1.82, 2.24) is 20.4 Å². The second kappa shape index (κ2) is 9.22. The van der Waals surface area contributed by atoms with Crippen molar-refractivity contribution in [3.8, 4) is 0 Å². The summed E-state index contributed by atoms with van der Waals surface area (Å²) in [6, 6.07) is 7.16. The Morgan fingerprint density at radius 2 is 2.07 bits per heavy atom. The standard InChI is InChI=1S/C20H24BrN5O3S/c1-20(2,3)26-11-13(10-16(26)27)18(29)23-19-25-24-15(30-19)7-8-22-17(28)12-5-4-6-14(21)9-12/h4-6,9,13H,7-8,10-11H2,1-3H3,(H,22,28)(H,23,25,29). The van der Waals surface area contributed by atoms with Crippen LogP contribution in [0.25, 0.3) is 0 Å². The molecule has 3 amide bonds. The van der Waals surface area contributed by atoms with Gasteiger partial charge in [0.1, 0.15) is 5.01 Å². The van der Waals surface area contributed by atoms with Gasteiger partial charge in [0, 0.05) is 41.5 Å². The van der Waals surface area contributed by atoms with Gasteiger partial charge in [0.25, 0.3) is 5.91 Å². The van der Waals surface area contributed by atoms with Crippen LogP contribution < -0.4 is 10.6 Å². The fourth-order valence-corrected chi connectivity index (χ4v) is 4.30. The molecule has 1 unspecified atom stereocenters. The van der Waals surface area contributed by atoms with Crippen molar-refractivity contribution in [2.45, 2.75) is 39.2 Å². The summed E-state index contributed by atoms with van der Waals surface area (Å²) in [6.07, 6.45) is 0.712. The van der Waals surface area contributed by atoms with Crippen molar-refractivity contribution in [3.05, 3.63) is 39.3 Å². The monoisotopic (exact) mass is 493 g/mol. The molecule has 30 heavy (non-hydrogen) atoms. The number of hydrogen-bond acceptors (Lipinski definition) is 6. The van der Waals surface area contributed by atoms with Gasteiger partial charge in [-0.05, 0) is 39.0 Å². The number of amides is 3. The average molecular weight is 494 g/mol. The van der Waals surface area contributed by atoms with Crippen molar-refractivity contribution in [1.29, 1.82) is 0 Å². The molecule has 3 rings (SSSR count). The highest BCUT2D eigenvalue weighted by molar-refractivity contribution is 9.10. The fraction of sp³-hybridized carbons (Fsp3) is 0.450. The SMILES string of the molecule is CC(C)(C)N1CC(C(=O)Nc2nnc(CCNC(=O)c3cccc(Br)c3)s2)CC1=O. The average Bonchev–Trinajstić information content (AvgIpc) is 3.28. The predicted octanol–water partition coefficient (Wildman–Crippen LogP) is 2.86. The zero-order valence-electron chi connectivity index (χ0n) is 17.1. The molecule has 0 saturated carbocycles. The maximum atomic E-state index is 12.5. The molecule has 2 aromatic rings. The Labute approximate surface area is 187 Å². The smallest absolute Gasteiger partial charge is 0.251 e. The summed E-state index contributed by atoms with van der Waals surface area (Å²) in [5, 5.41) is 14.8. The van der Waals surface area contributed by atoms with Gasteiger partial charge in [0.15, 0.2) is 0 Å². The highest BCUT2D eigenvalue weighted by Gasteiger charge is 2.39. The summed E-state index contributed by atoms with van der Waals surface area (Å²) in [5.41, 5.74) is 0.271. The number of aromatic nitrogens is 2. The van der Waals surface area contributed by atoms with Gasteiger partial charge in [0.2, 0.25) is 16.9 Å². The van der Waals surface area contributed by atoms with Crippen LogP contribution in [0.15, 0.2) is 28.7 Å². The Bertz CT molecular complexity index is 956. The lowest BCUT2D eigenvalue weighted by molar-refractivity contribution is -0.131. The normalized spacial score (nSPS) is 16.6. The van der Waals surface area contributed by atoms with Crippen LogP contribution in [-0.4, -0.2) is 51.4 Å². The Balaban J connectivity index is 1.48. The van der Waals surface area contributed by atoms with Crippen molar-refractivity contribution >= 4 is 50.1 Å². The molecule has 1 atom stereocenters. The van der Waals surface area contributed by atoms with E-state index < -0.39 is 5.92 Å². The van der Waals surface area contributed by atoms with Crippen LogP contribution in [0.4, 0.5) is 5.13 Å². The van der Waals surface area contributed by atoms with Crippen LogP contribution in [0.3, 0.4) is 0 Å². The molecule has 1 aliphatic rings. The number of carbonyl (C=O) groups excluding carboxylic acids is 3. The zero-order valence-corrected chi connectivity index (χ0v) is 19.5. The van der Waals surface area contributed by atoms with E-state index in [0.717, 1.165) is 4.47 Å². The molecule has 160 valence electrons. The zero-order chi connectivity index (χ0) is 21.9. The van der Waals surface area contributed by atoms with Gasteiger partial charge in [-0.25, -0.2) is 0 Å². The third-order valence-corrected chi connectivity index (χ3v) is 6.11. The predicted molar refractivity (Wildman–Crippen MR) is 118 cm³/mol. The van der Waals surface area contributed by atoms with Crippen molar-refractivity contribution in [3.63, 3.8) is 0 Å². The molecule has 0 spiro atoms. The van der Waals surface area contributed by atoms with Crippen LogP contribution in [0, 0.1) is 5.92 Å². The summed E-state index contributed by atoms with van der Waals surface area (Å²) in [6.45, 7) is 6.68. The minimum absolute atomic E-state index is 0.0122. The fourth-order valence-electron chi connectivity index (χ4n) is 3.16. The molecule has 2 heterocycles. The Hall–Kier alpha value is -2.33. The summed E-state index contributed by atoms with van der Waals surface area (Å²) in [5.74, 6) is -0.792. The van der Waals surface area contributed by atoms with Gasteiger partial charge < -0.3 is 15.5 Å². The first-order valence-corrected chi connectivity index (χ1v) is 11.2. The number of anilines is 1. The van der Waals surface area contributed by atoms with E-state index in [9.17, 15) is 14.4 Å². The molecule has 8 nitrogen and oxygen atoms in total. The van der Waals surface area contributed by atoms with Gasteiger partial charge in [-0.1, -0.05) is 33.3 Å². The molecule has 2 N–H and O–H groups in total.